The highest BCUT2D eigenvalue weighted by atomic mass is 32.2. The molecule has 2 aromatic heterocycles. The Kier molecular flexibility index (Phi) is 4.54. The maximum Gasteiger partial charge on any atom is 0.237 e. The Morgan fingerprint density at radius 2 is 2.16 bits per heavy atom. The van der Waals surface area contributed by atoms with E-state index >= 15 is 0 Å². The van der Waals surface area contributed by atoms with Crippen molar-refractivity contribution in [2.75, 3.05) is 0 Å². The first-order valence-electron chi connectivity index (χ1n) is 6.23. The molecule has 0 saturated carbocycles. The van der Waals surface area contributed by atoms with Crippen molar-refractivity contribution >= 4 is 11.8 Å². The number of nitrogens with two attached hydrogens (primary N) is 1. The molecule has 0 aliphatic heterocycles. The molecule has 19 heavy (non-hydrogen) atoms. The summed E-state index contributed by atoms with van der Waals surface area (Å²) in [6.45, 7) is 6.53. The van der Waals surface area contributed by atoms with E-state index in [1.54, 1.807) is 0 Å². The minimum absolute atomic E-state index is 0.268. The predicted octanol–water partition coefficient (Wildman–Crippen LogP) is 1.56. The lowest BCUT2D eigenvalue weighted by atomic mass is 10.4. The van der Waals surface area contributed by atoms with Gasteiger partial charge in [0, 0.05) is 12.5 Å². The molecule has 2 heterocycles. The smallest absolute Gasteiger partial charge is 0.237 e. The summed E-state index contributed by atoms with van der Waals surface area (Å²) in [7, 11) is 0. The van der Waals surface area contributed by atoms with Crippen LogP contribution >= 0.6 is 11.8 Å². The van der Waals surface area contributed by atoms with Crippen molar-refractivity contribution in [2.45, 2.75) is 50.7 Å². The summed E-state index contributed by atoms with van der Waals surface area (Å²) in [5.41, 5.74) is 5.66. The zero-order valence-electron chi connectivity index (χ0n) is 11.3. The van der Waals surface area contributed by atoms with E-state index < -0.39 is 0 Å². The lowest BCUT2D eigenvalue weighted by Crippen LogP contribution is -2.11. The molecule has 104 valence electrons. The number of thioether (sulfide) groups is 1. The Morgan fingerprint density at radius 1 is 1.37 bits per heavy atom. The monoisotopic (exact) mass is 282 g/mol. The zero-order valence-corrected chi connectivity index (χ0v) is 12.1. The molecular weight excluding hydrogens is 264 g/mol. The van der Waals surface area contributed by atoms with Crippen molar-refractivity contribution in [2.24, 2.45) is 5.73 Å². The van der Waals surface area contributed by atoms with Crippen LogP contribution in [0.15, 0.2) is 9.68 Å². The zero-order chi connectivity index (χ0) is 13.8. The van der Waals surface area contributed by atoms with Gasteiger partial charge in [-0.05, 0) is 13.8 Å². The molecule has 0 aromatic carbocycles. The second kappa shape index (κ2) is 6.16. The van der Waals surface area contributed by atoms with Crippen molar-refractivity contribution in [3.8, 4) is 0 Å². The maximum absolute atomic E-state index is 5.66. The molecule has 0 radical (unpaired) electrons. The third kappa shape index (κ3) is 3.13. The molecule has 0 amide bonds. The van der Waals surface area contributed by atoms with Crippen molar-refractivity contribution < 1.29 is 4.52 Å². The number of hydrogen-bond donors (Lipinski definition) is 1. The summed E-state index contributed by atoms with van der Waals surface area (Å²) in [5, 5.41) is 12.9. The van der Waals surface area contributed by atoms with E-state index in [4.69, 9.17) is 10.3 Å². The van der Waals surface area contributed by atoms with Crippen LogP contribution in [-0.4, -0.2) is 24.9 Å². The topological polar surface area (TPSA) is 95.6 Å². The first kappa shape index (κ1) is 14.0. The molecule has 0 atom stereocenters. The predicted molar refractivity (Wildman–Crippen MR) is 71.5 cm³/mol. The van der Waals surface area contributed by atoms with Crippen LogP contribution in [0.3, 0.4) is 0 Å². The minimum Gasteiger partial charge on any atom is -0.338 e. The fourth-order valence-corrected chi connectivity index (χ4v) is 2.61. The van der Waals surface area contributed by atoms with E-state index in [2.05, 4.69) is 34.2 Å². The fraction of sp³-hybridized carbons (Fsp3) is 0.636. The first-order valence-corrected chi connectivity index (χ1v) is 7.22. The van der Waals surface area contributed by atoms with Crippen LogP contribution in [0.2, 0.25) is 0 Å². The molecule has 0 aliphatic rings. The second-order valence-corrected chi connectivity index (χ2v) is 5.26. The van der Waals surface area contributed by atoms with Gasteiger partial charge < -0.3 is 14.8 Å². The highest BCUT2D eigenvalue weighted by molar-refractivity contribution is 7.98. The highest BCUT2D eigenvalue weighted by Gasteiger charge is 2.15. The van der Waals surface area contributed by atoms with Gasteiger partial charge >= 0.3 is 0 Å². The third-order valence-electron chi connectivity index (χ3n) is 2.59. The number of aromatic nitrogens is 5. The molecule has 0 saturated heterocycles. The van der Waals surface area contributed by atoms with Crippen molar-refractivity contribution in [3.63, 3.8) is 0 Å². The summed E-state index contributed by atoms with van der Waals surface area (Å²) in [4.78, 5) is 4.26. The molecule has 2 rings (SSSR count). The average Bonchev–Trinajstić information content (AvgIpc) is 3.02. The summed E-state index contributed by atoms with van der Waals surface area (Å²) in [5.74, 6) is 2.71. The third-order valence-corrected chi connectivity index (χ3v) is 3.51. The molecule has 0 spiro atoms. The number of rotatable bonds is 6. The van der Waals surface area contributed by atoms with Gasteiger partial charge in [-0.2, -0.15) is 4.98 Å². The van der Waals surface area contributed by atoms with Crippen LogP contribution in [0.1, 0.15) is 44.4 Å². The van der Waals surface area contributed by atoms with Crippen molar-refractivity contribution in [1.29, 1.82) is 0 Å². The highest BCUT2D eigenvalue weighted by Crippen LogP contribution is 2.24. The lowest BCUT2D eigenvalue weighted by Gasteiger charge is -2.11. The Bertz CT molecular complexity index is 535. The molecule has 0 unspecified atom stereocenters. The van der Waals surface area contributed by atoms with Crippen LogP contribution in [0.5, 0.6) is 0 Å². The SMILES string of the molecule is CCc1noc(CSc2nnc(CN)n2C(C)C)n1. The number of aryl methyl sites for hydroxylation is 1. The van der Waals surface area contributed by atoms with Gasteiger partial charge in [-0.15, -0.1) is 10.2 Å². The summed E-state index contributed by atoms with van der Waals surface area (Å²) < 4.78 is 7.18. The minimum atomic E-state index is 0.268. The summed E-state index contributed by atoms with van der Waals surface area (Å²) in [6, 6.07) is 0.268. The number of nitrogens with zero attached hydrogens (tertiary/aromatic N) is 5. The Balaban J connectivity index is 2.08. The quantitative estimate of drug-likeness (QED) is 0.803. The molecule has 7 nitrogen and oxygen atoms in total. The fourth-order valence-electron chi connectivity index (χ4n) is 1.68. The molecule has 0 bridgehead atoms. The van der Waals surface area contributed by atoms with E-state index in [-0.39, 0.29) is 6.04 Å². The molecule has 2 N–H and O–H groups in total. The summed E-state index contributed by atoms with van der Waals surface area (Å²) in [6.07, 6.45) is 0.771. The Hall–Kier alpha value is -1.41. The van der Waals surface area contributed by atoms with Crippen LogP contribution in [0, 0.1) is 0 Å². The van der Waals surface area contributed by atoms with E-state index in [9.17, 15) is 0 Å². The lowest BCUT2D eigenvalue weighted by molar-refractivity contribution is 0.385. The number of hydrogen-bond acceptors (Lipinski definition) is 7. The van der Waals surface area contributed by atoms with E-state index in [0.29, 0.717) is 18.2 Å². The van der Waals surface area contributed by atoms with E-state index in [0.717, 1.165) is 23.2 Å². The maximum atomic E-state index is 5.66. The molecule has 0 fully saturated rings. The average molecular weight is 282 g/mol. The normalized spacial score (nSPS) is 11.4. The van der Waals surface area contributed by atoms with Gasteiger partial charge in [0.05, 0.1) is 12.3 Å². The Labute approximate surface area is 116 Å². The largest absolute Gasteiger partial charge is 0.338 e. The van der Waals surface area contributed by atoms with Gasteiger partial charge in [-0.3, -0.25) is 0 Å². The molecular formula is C11H18N6OS. The second-order valence-electron chi connectivity index (χ2n) is 4.31. The van der Waals surface area contributed by atoms with Crippen LogP contribution in [-0.2, 0) is 18.7 Å². The van der Waals surface area contributed by atoms with Crippen LogP contribution < -0.4 is 5.73 Å². The summed E-state index contributed by atoms with van der Waals surface area (Å²) >= 11 is 1.53. The van der Waals surface area contributed by atoms with Gasteiger partial charge in [0.15, 0.2) is 11.0 Å². The van der Waals surface area contributed by atoms with Crippen LogP contribution in [0.4, 0.5) is 0 Å². The van der Waals surface area contributed by atoms with E-state index in [1.807, 2.05) is 11.5 Å². The molecule has 0 aliphatic carbocycles. The van der Waals surface area contributed by atoms with Crippen molar-refractivity contribution in [3.05, 3.63) is 17.5 Å². The van der Waals surface area contributed by atoms with Gasteiger partial charge in [0.25, 0.3) is 0 Å². The van der Waals surface area contributed by atoms with Gasteiger partial charge in [0.1, 0.15) is 5.82 Å². The van der Waals surface area contributed by atoms with Crippen LogP contribution in [0.25, 0.3) is 0 Å². The Morgan fingerprint density at radius 3 is 2.74 bits per heavy atom. The van der Waals surface area contributed by atoms with E-state index in [1.165, 1.54) is 11.8 Å². The standard InChI is InChI=1S/C11H18N6OS/c1-4-8-13-10(18-16-8)6-19-11-15-14-9(5-12)17(11)7(2)3/h7H,4-6,12H2,1-3H3. The molecule has 8 heteroatoms. The van der Waals surface area contributed by atoms with Crippen molar-refractivity contribution in [1.82, 2.24) is 24.9 Å². The van der Waals surface area contributed by atoms with Gasteiger partial charge in [-0.25, -0.2) is 0 Å². The van der Waals surface area contributed by atoms with Gasteiger partial charge in [0.2, 0.25) is 5.89 Å². The molecule has 2 aromatic rings. The first-order chi connectivity index (χ1) is 9.15. The van der Waals surface area contributed by atoms with Gasteiger partial charge in [-0.1, -0.05) is 23.8 Å².